The topological polar surface area (TPSA) is 71.0 Å². The van der Waals surface area contributed by atoms with Crippen molar-refractivity contribution in [1.82, 2.24) is 15.0 Å². The zero-order valence-corrected chi connectivity index (χ0v) is 13.2. The summed E-state index contributed by atoms with van der Waals surface area (Å²) in [6, 6.07) is 0. The van der Waals surface area contributed by atoms with Crippen molar-refractivity contribution in [2.24, 2.45) is 0 Å². The molecule has 3 rings (SSSR count). The highest BCUT2D eigenvalue weighted by Gasteiger charge is 2.46. The zero-order valence-electron chi connectivity index (χ0n) is 10.8. The summed E-state index contributed by atoms with van der Waals surface area (Å²) in [5.74, 6) is -0.253. The Hall–Kier alpha value is -1.61. The van der Waals surface area contributed by atoms with Crippen molar-refractivity contribution in [3.05, 3.63) is 28.4 Å². The number of carbonyl (C=O) groups excluding carboxylic acids is 1. The average molecular weight is 372 g/mol. The second-order valence-electron chi connectivity index (χ2n) is 4.63. The number of hydrogen-bond donors (Lipinski definition) is 1. The predicted octanol–water partition coefficient (Wildman–Crippen LogP) is 2.25. The summed E-state index contributed by atoms with van der Waals surface area (Å²) in [7, 11) is 0. The Kier molecular flexibility index (Phi) is 3.85. The van der Waals surface area contributed by atoms with Crippen LogP contribution in [0.1, 0.15) is 6.42 Å². The summed E-state index contributed by atoms with van der Waals surface area (Å²) >= 11 is 4.50. The first-order valence-corrected chi connectivity index (χ1v) is 7.86. The number of hydrogen-bond acceptors (Lipinski definition) is 6. The molecule has 1 fully saturated rings. The first kappa shape index (κ1) is 14.3. The molecule has 1 saturated heterocycles. The van der Waals surface area contributed by atoms with E-state index >= 15 is 0 Å². The van der Waals surface area contributed by atoms with Crippen molar-refractivity contribution < 1.29 is 9.18 Å². The van der Waals surface area contributed by atoms with Crippen molar-refractivity contribution in [1.29, 1.82) is 0 Å². The molecule has 0 saturated carbocycles. The Balaban J connectivity index is 1.69. The van der Waals surface area contributed by atoms with Gasteiger partial charge in [0, 0.05) is 36.9 Å². The van der Waals surface area contributed by atoms with Gasteiger partial charge < -0.3 is 4.90 Å². The summed E-state index contributed by atoms with van der Waals surface area (Å²) in [6.07, 6.45) is 4.85. The van der Waals surface area contributed by atoms with E-state index in [0.717, 1.165) is 4.47 Å². The number of halogens is 2. The highest BCUT2D eigenvalue weighted by atomic mass is 79.9. The van der Waals surface area contributed by atoms with Gasteiger partial charge in [-0.25, -0.2) is 19.3 Å². The van der Waals surface area contributed by atoms with Crippen LogP contribution in [0.4, 0.5) is 15.5 Å². The molecule has 21 heavy (non-hydrogen) atoms. The molecule has 1 atom stereocenters. The van der Waals surface area contributed by atoms with Crippen LogP contribution in [0.2, 0.25) is 0 Å². The second-order valence-corrected chi connectivity index (χ2v) is 6.44. The minimum atomic E-state index is -1.96. The van der Waals surface area contributed by atoms with Gasteiger partial charge >= 0.3 is 0 Å². The number of carbonyl (C=O) groups is 1. The second kappa shape index (κ2) is 5.64. The quantitative estimate of drug-likeness (QED) is 0.895. The van der Waals surface area contributed by atoms with Gasteiger partial charge in [-0.1, -0.05) is 0 Å². The molecular formula is C12H11BrFN5OS. The van der Waals surface area contributed by atoms with Crippen LogP contribution < -0.4 is 10.2 Å². The maximum Gasteiger partial charge on any atom is 0.265 e. The number of rotatable bonds is 3. The van der Waals surface area contributed by atoms with Crippen LogP contribution in [0.5, 0.6) is 0 Å². The van der Waals surface area contributed by atoms with Gasteiger partial charge in [-0.05, 0) is 15.9 Å². The van der Waals surface area contributed by atoms with E-state index < -0.39 is 11.6 Å². The van der Waals surface area contributed by atoms with Crippen LogP contribution in [0.3, 0.4) is 0 Å². The fraction of sp³-hybridized carbons (Fsp3) is 0.333. The van der Waals surface area contributed by atoms with E-state index in [4.69, 9.17) is 0 Å². The lowest BCUT2D eigenvalue weighted by atomic mass is 10.1. The first-order chi connectivity index (χ1) is 10.1. The third-order valence-corrected chi connectivity index (χ3v) is 4.27. The molecule has 0 radical (unpaired) electrons. The lowest BCUT2D eigenvalue weighted by Crippen LogP contribution is -2.41. The monoisotopic (exact) mass is 371 g/mol. The molecule has 0 aromatic carbocycles. The summed E-state index contributed by atoms with van der Waals surface area (Å²) in [6.45, 7) is 0.329. The van der Waals surface area contributed by atoms with Crippen LogP contribution in [-0.4, -0.2) is 39.6 Å². The molecule has 0 spiro atoms. The molecule has 0 aliphatic carbocycles. The van der Waals surface area contributed by atoms with E-state index in [1.165, 1.54) is 11.3 Å². The number of amides is 1. The number of aromatic nitrogens is 3. The van der Waals surface area contributed by atoms with E-state index in [-0.39, 0.29) is 13.0 Å². The molecule has 110 valence electrons. The lowest BCUT2D eigenvalue weighted by Gasteiger charge is -2.19. The molecule has 2 aromatic heterocycles. The Bertz CT molecular complexity index is 638. The molecule has 2 aromatic rings. The minimum Gasteiger partial charge on any atom is -0.337 e. The number of nitrogens with zero attached hydrogens (tertiary/aromatic N) is 4. The summed E-state index contributed by atoms with van der Waals surface area (Å²) in [4.78, 5) is 25.9. The Morgan fingerprint density at radius 2 is 2.19 bits per heavy atom. The third kappa shape index (κ3) is 3.03. The van der Waals surface area contributed by atoms with Crippen LogP contribution in [0.15, 0.2) is 28.4 Å². The lowest BCUT2D eigenvalue weighted by molar-refractivity contribution is -0.126. The Morgan fingerprint density at radius 3 is 2.86 bits per heavy atom. The number of alkyl halides is 1. The number of anilines is 2. The fourth-order valence-corrected chi connectivity index (χ4v) is 2.82. The first-order valence-electron chi connectivity index (χ1n) is 6.19. The van der Waals surface area contributed by atoms with E-state index in [2.05, 4.69) is 36.2 Å². The van der Waals surface area contributed by atoms with Crippen LogP contribution in [0.25, 0.3) is 0 Å². The van der Waals surface area contributed by atoms with Gasteiger partial charge in [0.05, 0.1) is 11.0 Å². The highest BCUT2D eigenvalue weighted by Crippen LogP contribution is 2.29. The van der Waals surface area contributed by atoms with Gasteiger partial charge in [-0.3, -0.25) is 10.1 Å². The van der Waals surface area contributed by atoms with E-state index in [1.807, 2.05) is 0 Å². The SMILES string of the molecule is O=C(Nc1nccs1)C1(F)CCN(c2ncc(Br)cn2)C1. The van der Waals surface area contributed by atoms with Crippen molar-refractivity contribution in [3.8, 4) is 0 Å². The molecule has 1 aliphatic rings. The zero-order chi connectivity index (χ0) is 14.9. The normalized spacial score (nSPS) is 21.5. The standard InChI is InChI=1S/C12H11BrFN5OS/c13-8-5-16-10(17-6-8)19-3-1-12(14,7-19)9(20)18-11-15-2-4-21-11/h2,4-6H,1,3,7H2,(H,15,18,20). The van der Waals surface area contributed by atoms with Crippen LogP contribution >= 0.6 is 27.3 Å². The summed E-state index contributed by atoms with van der Waals surface area (Å²) < 4.78 is 15.5. The van der Waals surface area contributed by atoms with Gasteiger partial charge in [-0.15, -0.1) is 11.3 Å². The van der Waals surface area contributed by atoms with Crippen molar-refractivity contribution in [3.63, 3.8) is 0 Å². The molecule has 1 unspecified atom stereocenters. The molecule has 3 heterocycles. The van der Waals surface area contributed by atoms with Crippen molar-refractivity contribution >= 4 is 44.3 Å². The van der Waals surface area contributed by atoms with Crippen molar-refractivity contribution in [2.45, 2.75) is 12.1 Å². The molecule has 9 heteroatoms. The van der Waals surface area contributed by atoms with Crippen LogP contribution in [-0.2, 0) is 4.79 Å². The molecule has 0 bridgehead atoms. The maximum atomic E-state index is 14.8. The number of thiazole rings is 1. The van der Waals surface area contributed by atoms with Gasteiger partial charge in [0.1, 0.15) is 0 Å². The van der Waals surface area contributed by atoms with Gasteiger partial charge in [0.25, 0.3) is 5.91 Å². The Morgan fingerprint density at radius 1 is 1.43 bits per heavy atom. The minimum absolute atomic E-state index is 0.0636. The van der Waals surface area contributed by atoms with Crippen LogP contribution in [0, 0.1) is 0 Å². The molecule has 1 aliphatic heterocycles. The smallest absolute Gasteiger partial charge is 0.265 e. The third-order valence-electron chi connectivity index (χ3n) is 3.17. The highest BCUT2D eigenvalue weighted by molar-refractivity contribution is 9.10. The average Bonchev–Trinajstić information content (AvgIpc) is 3.10. The van der Waals surface area contributed by atoms with Crippen molar-refractivity contribution in [2.75, 3.05) is 23.3 Å². The van der Waals surface area contributed by atoms with E-state index in [1.54, 1.807) is 28.9 Å². The van der Waals surface area contributed by atoms with E-state index in [9.17, 15) is 9.18 Å². The summed E-state index contributed by atoms with van der Waals surface area (Å²) in [5, 5.41) is 4.62. The molecule has 6 nitrogen and oxygen atoms in total. The van der Waals surface area contributed by atoms with Gasteiger partial charge in [-0.2, -0.15) is 0 Å². The molecule has 1 N–H and O–H groups in total. The summed E-state index contributed by atoms with van der Waals surface area (Å²) in [5.41, 5.74) is -1.96. The molecule has 1 amide bonds. The van der Waals surface area contributed by atoms with Gasteiger partial charge in [0.2, 0.25) is 11.6 Å². The maximum absolute atomic E-state index is 14.8. The fourth-order valence-electron chi connectivity index (χ4n) is 2.09. The molecular weight excluding hydrogens is 361 g/mol. The van der Waals surface area contributed by atoms with Gasteiger partial charge in [0.15, 0.2) is 5.13 Å². The predicted molar refractivity (Wildman–Crippen MR) is 81.1 cm³/mol. The largest absolute Gasteiger partial charge is 0.337 e. The van der Waals surface area contributed by atoms with E-state index in [0.29, 0.717) is 17.6 Å². The Labute approximate surface area is 132 Å². The number of nitrogens with one attached hydrogen (secondary N) is 1.